The highest BCUT2D eigenvalue weighted by Crippen LogP contribution is 2.20. The Morgan fingerprint density at radius 2 is 1.83 bits per heavy atom. The van der Waals surface area contributed by atoms with Crippen LogP contribution in [0, 0.1) is 0 Å². The fourth-order valence-electron chi connectivity index (χ4n) is 1.51. The topological polar surface area (TPSA) is 55.0 Å². The van der Waals surface area contributed by atoms with E-state index in [2.05, 4.69) is 14.9 Å². The van der Waals surface area contributed by atoms with Gasteiger partial charge in [-0.05, 0) is 12.8 Å². The Labute approximate surface area is 71.4 Å². The fraction of sp³-hybridized carbons (Fsp3) is 0.500. The molecular weight excluding hydrogens is 152 g/mol. The van der Waals surface area contributed by atoms with E-state index in [0.717, 1.165) is 18.9 Å². The van der Waals surface area contributed by atoms with Crippen molar-refractivity contribution in [2.45, 2.75) is 12.8 Å². The molecule has 12 heavy (non-hydrogen) atoms. The molecule has 0 unspecified atom stereocenters. The monoisotopic (exact) mass is 164 g/mol. The molecule has 2 N–H and O–H groups in total. The molecule has 1 saturated heterocycles. The maximum atomic E-state index is 5.69. The SMILES string of the molecule is Nc1nccnc1N1CCCC1. The Kier molecular flexibility index (Phi) is 1.81. The lowest BCUT2D eigenvalue weighted by molar-refractivity contribution is 0.931. The van der Waals surface area contributed by atoms with Crippen molar-refractivity contribution in [1.29, 1.82) is 0 Å². The average Bonchev–Trinajstić information content (AvgIpc) is 2.57. The standard InChI is InChI=1S/C8H12N4/c9-7-8(11-4-3-10-7)12-5-1-2-6-12/h3-4H,1-2,5-6H2,(H2,9,10). The molecule has 1 aromatic rings. The summed E-state index contributed by atoms with van der Waals surface area (Å²) in [5.74, 6) is 1.38. The molecule has 2 rings (SSSR count). The minimum absolute atomic E-state index is 0.541. The lowest BCUT2D eigenvalue weighted by atomic mass is 10.4. The first-order valence-corrected chi connectivity index (χ1v) is 4.19. The molecule has 4 heteroatoms. The molecule has 64 valence electrons. The summed E-state index contributed by atoms with van der Waals surface area (Å²) in [5.41, 5.74) is 5.69. The van der Waals surface area contributed by atoms with Crippen LogP contribution in [-0.4, -0.2) is 23.1 Å². The second kappa shape index (κ2) is 2.97. The highest BCUT2D eigenvalue weighted by atomic mass is 15.2. The van der Waals surface area contributed by atoms with E-state index in [4.69, 9.17) is 5.73 Å². The van der Waals surface area contributed by atoms with Crippen LogP contribution >= 0.6 is 0 Å². The van der Waals surface area contributed by atoms with Gasteiger partial charge in [-0.15, -0.1) is 0 Å². The minimum Gasteiger partial charge on any atom is -0.381 e. The summed E-state index contributed by atoms with van der Waals surface area (Å²) in [4.78, 5) is 10.4. The Morgan fingerprint density at radius 3 is 2.50 bits per heavy atom. The maximum absolute atomic E-state index is 5.69. The number of hydrogen-bond donors (Lipinski definition) is 1. The summed E-state index contributed by atoms with van der Waals surface area (Å²) in [6.07, 6.45) is 5.77. The summed E-state index contributed by atoms with van der Waals surface area (Å²) in [7, 11) is 0. The zero-order valence-electron chi connectivity index (χ0n) is 6.90. The molecule has 0 radical (unpaired) electrons. The second-order valence-electron chi connectivity index (χ2n) is 2.96. The molecule has 1 aliphatic heterocycles. The summed E-state index contributed by atoms with van der Waals surface area (Å²) in [5, 5.41) is 0. The van der Waals surface area contributed by atoms with Crippen LogP contribution in [0.25, 0.3) is 0 Å². The average molecular weight is 164 g/mol. The van der Waals surface area contributed by atoms with Crippen molar-refractivity contribution in [2.75, 3.05) is 23.7 Å². The minimum atomic E-state index is 0.541. The van der Waals surface area contributed by atoms with E-state index in [-0.39, 0.29) is 0 Å². The molecule has 0 aromatic carbocycles. The van der Waals surface area contributed by atoms with Gasteiger partial charge < -0.3 is 10.6 Å². The molecule has 4 nitrogen and oxygen atoms in total. The Hall–Kier alpha value is -1.32. The molecular formula is C8H12N4. The third-order valence-corrected chi connectivity index (χ3v) is 2.11. The van der Waals surface area contributed by atoms with Crippen molar-refractivity contribution in [3.63, 3.8) is 0 Å². The second-order valence-corrected chi connectivity index (χ2v) is 2.96. The molecule has 0 aliphatic carbocycles. The summed E-state index contributed by atoms with van der Waals surface area (Å²) < 4.78 is 0. The lowest BCUT2D eigenvalue weighted by Gasteiger charge is -2.16. The summed E-state index contributed by atoms with van der Waals surface area (Å²) in [6.45, 7) is 2.12. The van der Waals surface area contributed by atoms with Crippen molar-refractivity contribution in [1.82, 2.24) is 9.97 Å². The molecule has 0 bridgehead atoms. The number of rotatable bonds is 1. The molecule has 1 aromatic heterocycles. The van der Waals surface area contributed by atoms with Gasteiger partial charge >= 0.3 is 0 Å². The highest BCUT2D eigenvalue weighted by Gasteiger charge is 2.15. The summed E-state index contributed by atoms with van der Waals surface area (Å²) in [6, 6.07) is 0. The predicted molar refractivity (Wildman–Crippen MR) is 47.9 cm³/mol. The Bertz CT molecular complexity index is 268. The number of nitrogen functional groups attached to an aromatic ring is 1. The number of nitrogens with two attached hydrogens (primary N) is 1. The summed E-state index contributed by atoms with van der Waals surface area (Å²) >= 11 is 0. The molecule has 0 saturated carbocycles. The van der Waals surface area contributed by atoms with Crippen LogP contribution in [0.2, 0.25) is 0 Å². The maximum Gasteiger partial charge on any atom is 0.171 e. The smallest absolute Gasteiger partial charge is 0.171 e. The normalized spacial score (nSPS) is 16.8. The Balaban J connectivity index is 2.26. The van der Waals surface area contributed by atoms with Crippen molar-refractivity contribution < 1.29 is 0 Å². The van der Waals surface area contributed by atoms with Gasteiger partial charge in [-0.2, -0.15) is 0 Å². The number of hydrogen-bond acceptors (Lipinski definition) is 4. The van der Waals surface area contributed by atoms with Crippen LogP contribution < -0.4 is 10.6 Å². The van der Waals surface area contributed by atoms with E-state index in [9.17, 15) is 0 Å². The van der Waals surface area contributed by atoms with E-state index in [0.29, 0.717) is 5.82 Å². The molecule has 1 aliphatic rings. The predicted octanol–water partition coefficient (Wildman–Crippen LogP) is 0.659. The zero-order valence-corrected chi connectivity index (χ0v) is 6.90. The zero-order chi connectivity index (χ0) is 8.39. The van der Waals surface area contributed by atoms with Crippen molar-refractivity contribution in [3.05, 3.63) is 12.4 Å². The van der Waals surface area contributed by atoms with Crippen LogP contribution in [-0.2, 0) is 0 Å². The molecule has 2 heterocycles. The number of aromatic nitrogens is 2. The van der Waals surface area contributed by atoms with Gasteiger partial charge in [0.1, 0.15) is 0 Å². The first kappa shape index (κ1) is 7.34. The molecule has 0 spiro atoms. The molecule has 0 atom stereocenters. The van der Waals surface area contributed by atoms with Crippen molar-refractivity contribution in [3.8, 4) is 0 Å². The van der Waals surface area contributed by atoms with Crippen molar-refractivity contribution >= 4 is 11.6 Å². The van der Waals surface area contributed by atoms with Crippen LogP contribution in [0.1, 0.15) is 12.8 Å². The van der Waals surface area contributed by atoms with E-state index < -0.39 is 0 Å². The van der Waals surface area contributed by atoms with Crippen molar-refractivity contribution in [2.24, 2.45) is 0 Å². The van der Waals surface area contributed by atoms with Gasteiger partial charge in [-0.1, -0.05) is 0 Å². The first-order chi connectivity index (χ1) is 5.88. The quantitative estimate of drug-likeness (QED) is 0.662. The van der Waals surface area contributed by atoms with E-state index in [1.165, 1.54) is 12.8 Å². The van der Waals surface area contributed by atoms with E-state index >= 15 is 0 Å². The van der Waals surface area contributed by atoms with Gasteiger partial charge in [-0.25, -0.2) is 9.97 Å². The first-order valence-electron chi connectivity index (χ1n) is 4.19. The lowest BCUT2D eigenvalue weighted by Crippen LogP contribution is -2.20. The van der Waals surface area contributed by atoms with E-state index in [1.807, 2.05) is 0 Å². The molecule has 1 fully saturated rings. The Morgan fingerprint density at radius 1 is 1.17 bits per heavy atom. The largest absolute Gasteiger partial charge is 0.381 e. The molecule has 0 amide bonds. The van der Waals surface area contributed by atoms with Crippen LogP contribution in [0.3, 0.4) is 0 Å². The van der Waals surface area contributed by atoms with Gasteiger partial charge in [0.05, 0.1) is 0 Å². The third kappa shape index (κ3) is 1.20. The van der Waals surface area contributed by atoms with Crippen LogP contribution in [0.4, 0.5) is 11.6 Å². The van der Waals surface area contributed by atoms with Gasteiger partial charge in [-0.3, -0.25) is 0 Å². The number of nitrogens with zero attached hydrogens (tertiary/aromatic N) is 3. The highest BCUT2D eigenvalue weighted by molar-refractivity contribution is 5.57. The number of anilines is 2. The van der Waals surface area contributed by atoms with Gasteiger partial charge in [0.15, 0.2) is 11.6 Å². The van der Waals surface area contributed by atoms with E-state index in [1.54, 1.807) is 12.4 Å². The van der Waals surface area contributed by atoms with Gasteiger partial charge in [0.25, 0.3) is 0 Å². The van der Waals surface area contributed by atoms with Crippen LogP contribution in [0.5, 0.6) is 0 Å². The fourth-order valence-corrected chi connectivity index (χ4v) is 1.51. The van der Waals surface area contributed by atoms with Gasteiger partial charge in [0, 0.05) is 25.5 Å². The van der Waals surface area contributed by atoms with Gasteiger partial charge in [0.2, 0.25) is 0 Å². The van der Waals surface area contributed by atoms with Crippen LogP contribution in [0.15, 0.2) is 12.4 Å². The third-order valence-electron chi connectivity index (χ3n) is 2.11.